The molecule has 3 rings (SSSR count). The molecule has 7 nitrogen and oxygen atoms in total. The van der Waals surface area contributed by atoms with Crippen LogP contribution < -0.4 is 5.32 Å². The summed E-state index contributed by atoms with van der Waals surface area (Å²) in [5.74, 6) is -0.764. The number of hydrogen-bond donors (Lipinski definition) is 1. The molecule has 2 aromatic carbocycles. The molecule has 0 radical (unpaired) electrons. The summed E-state index contributed by atoms with van der Waals surface area (Å²) >= 11 is 0. The number of cyclic esters (lactones) is 1. The highest BCUT2D eigenvalue weighted by atomic mass is 32.2. The van der Waals surface area contributed by atoms with Crippen LogP contribution in [-0.2, 0) is 19.6 Å². The molecule has 1 N–H and O–H groups in total. The molecule has 1 heterocycles. The minimum absolute atomic E-state index is 0.0134. The fourth-order valence-corrected chi connectivity index (χ4v) is 3.57. The number of anilines is 1. The molecule has 0 saturated carbocycles. The third-order valence-corrected chi connectivity index (χ3v) is 5.89. The largest absolute Gasteiger partial charge is 0.453 e. The predicted molar refractivity (Wildman–Crippen MR) is 95.2 cm³/mol. The molecule has 0 aromatic heterocycles. The number of nitrogens with one attached hydrogen (secondary N) is 1. The first-order chi connectivity index (χ1) is 12.3. The van der Waals surface area contributed by atoms with Crippen LogP contribution in [0.5, 0.6) is 0 Å². The molecule has 136 valence electrons. The first kappa shape index (κ1) is 18.1. The summed E-state index contributed by atoms with van der Waals surface area (Å²) in [6.45, 7) is 0. The maximum Gasteiger partial charge on any atom is 0.339 e. The van der Waals surface area contributed by atoms with Crippen molar-refractivity contribution < 1.29 is 22.7 Å². The van der Waals surface area contributed by atoms with Crippen molar-refractivity contribution in [3.8, 4) is 0 Å². The summed E-state index contributed by atoms with van der Waals surface area (Å²) in [7, 11) is -0.617. The van der Waals surface area contributed by atoms with Crippen LogP contribution in [0.2, 0.25) is 0 Å². The standard InChI is InChI=1S/C18H18N2O5S/c1-20(2)26(23,24)13-9-7-12(8-10-13)19-17(21)11-16-14-5-3-4-6-15(14)18(22)25-16/h3-10,16H,11H2,1-2H3,(H,19,21)/t16-/m1/s1. The van der Waals surface area contributed by atoms with Crippen molar-refractivity contribution in [3.63, 3.8) is 0 Å². The number of rotatable bonds is 5. The molecule has 0 fully saturated rings. The van der Waals surface area contributed by atoms with E-state index in [0.717, 1.165) is 4.31 Å². The minimum Gasteiger partial charge on any atom is -0.453 e. The number of ether oxygens (including phenoxy) is 1. The zero-order chi connectivity index (χ0) is 18.9. The lowest BCUT2D eigenvalue weighted by molar-refractivity contribution is -0.118. The van der Waals surface area contributed by atoms with E-state index in [0.29, 0.717) is 16.8 Å². The van der Waals surface area contributed by atoms with Crippen LogP contribution in [0.3, 0.4) is 0 Å². The molecule has 0 saturated heterocycles. The van der Waals surface area contributed by atoms with Gasteiger partial charge >= 0.3 is 5.97 Å². The molecule has 2 aromatic rings. The fraction of sp³-hybridized carbons (Fsp3) is 0.222. The zero-order valence-corrected chi connectivity index (χ0v) is 15.1. The first-order valence-electron chi connectivity index (χ1n) is 7.91. The Hall–Kier alpha value is -2.71. The quantitative estimate of drug-likeness (QED) is 0.810. The molecule has 0 aliphatic carbocycles. The SMILES string of the molecule is CN(C)S(=O)(=O)c1ccc(NC(=O)C[C@H]2OC(=O)c3ccccc32)cc1. The Morgan fingerprint density at radius 2 is 1.77 bits per heavy atom. The average molecular weight is 374 g/mol. The summed E-state index contributed by atoms with van der Waals surface area (Å²) in [6, 6.07) is 12.8. The maximum atomic E-state index is 12.2. The van der Waals surface area contributed by atoms with Crippen LogP contribution in [0, 0.1) is 0 Å². The lowest BCUT2D eigenvalue weighted by Crippen LogP contribution is -2.22. The number of nitrogens with zero attached hydrogens (tertiary/aromatic N) is 1. The number of hydrogen-bond acceptors (Lipinski definition) is 5. The van der Waals surface area contributed by atoms with Crippen LogP contribution in [0.4, 0.5) is 5.69 Å². The van der Waals surface area contributed by atoms with Gasteiger partial charge in [-0.1, -0.05) is 18.2 Å². The minimum atomic E-state index is -3.52. The van der Waals surface area contributed by atoms with Crippen LogP contribution in [0.1, 0.15) is 28.4 Å². The van der Waals surface area contributed by atoms with E-state index >= 15 is 0 Å². The molecule has 8 heteroatoms. The third-order valence-electron chi connectivity index (χ3n) is 4.06. The van der Waals surface area contributed by atoms with Crippen molar-refractivity contribution in [1.82, 2.24) is 4.31 Å². The van der Waals surface area contributed by atoms with E-state index in [2.05, 4.69) is 5.32 Å². The van der Waals surface area contributed by atoms with E-state index in [1.165, 1.54) is 38.4 Å². The van der Waals surface area contributed by atoms with Crippen molar-refractivity contribution in [3.05, 3.63) is 59.7 Å². The van der Waals surface area contributed by atoms with Gasteiger partial charge in [-0.15, -0.1) is 0 Å². The number of benzene rings is 2. The van der Waals surface area contributed by atoms with Gasteiger partial charge in [0, 0.05) is 25.3 Å². The van der Waals surface area contributed by atoms with Crippen molar-refractivity contribution in [2.24, 2.45) is 0 Å². The number of carbonyl (C=O) groups excluding carboxylic acids is 2. The van der Waals surface area contributed by atoms with Gasteiger partial charge in [-0.2, -0.15) is 0 Å². The van der Waals surface area contributed by atoms with E-state index in [4.69, 9.17) is 4.74 Å². The smallest absolute Gasteiger partial charge is 0.339 e. The van der Waals surface area contributed by atoms with Crippen LogP contribution >= 0.6 is 0 Å². The molecule has 1 aliphatic rings. The van der Waals surface area contributed by atoms with Gasteiger partial charge < -0.3 is 10.1 Å². The Morgan fingerprint density at radius 1 is 1.12 bits per heavy atom. The Morgan fingerprint density at radius 3 is 2.42 bits per heavy atom. The molecule has 0 unspecified atom stereocenters. The molecule has 1 aliphatic heterocycles. The van der Waals surface area contributed by atoms with Crippen molar-refractivity contribution >= 4 is 27.6 Å². The molecule has 0 bridgehead atoms. The number of amides is 1. The van der Waals surface area contributed by atoms with E-state index in [1.807, 2.05) is 0 Å². The van der Waals surface area contributed by atoms with E-state index in [1.54, 1.807) is 24.3 Å². The summed E-state index contributed by atoms with van der Waals surface area (Å²) in [5.41, 5.74) is 1.63. The number of esters is 1. The molecule has 26 heavy (non-hydrogen) atoms. The molecular formula is C18H18N2O5S. The van der Waals surface area contributed by atoms with Crippen molar-refractivity contribution in [1.29, 1.82) is 0 Å². The number of fused-ring (bicyclic) bond motifs is 1. The van der Waals surface area contributed by atoms with E-state index in [9.17, 15) is 18.0 Å². The molecular weight excluding hydrogens is 356 g/mol. The molecule has 0 spiro atoms. The second-order valence-electron chi connectivity index (χ2n) is 6.05. The monoisotopic (exact) mass is 374 g/mol. The summed E-state index contributed by atoms with van der Waals surface area (Å²) in [5, 5.41) is 2.68. The van der Waals surface area contributed by atoms with Crippen LogP contribution in [0.15, 0.2) is 53.4 Å². The van der Waals surface area contributed by atoms with Crippen LogP contribution in [-0.4, -0.2) is 38.7 Å². The topological polar surface area (TPSA) is 92.8 Å². The Balaban J connectivity index is 1.67. The van der Waals surface area contributed by atoms with Gasteiger partial charge in [0.2, 0.25) is 15.9 Å². The van der Waals surface area contributed by atoms with Gasteiger partial charge in [-0.05, 0) is 30.3 Å². The molecule has 1 atom stereocenters. The van der Waals surface area contributed by atoms with Crippen molar-refractivity contribution in [2.75, 3.05) is 19.4 Å². The molecule has 1 amide bonds. The highest BCUT2D eigenvalue weighted by molar-refractivity contribution is 7.89. The van der Waals surface area contributed by atoms with Gasteiger partial charge in [0.05, 0.1) is 16.9 Å². The second-order valence-corrected chi connectivity index (χ2v) is 8.20. The van der Waals surface area contributed by atoms with Gasteiger partial charge in [0.1, 0.15) is 6.10 Å². The Kier molecular flexibility index (Phi) is 4.80. The first-order valence-corrected chi connectivity index (χ1v) is 9.35. The summed E-state index contributed by atoms with van der Waals surface area (Å²) < 4.78 is 30.4. The predicted octanol–water partition coefficient (Wildman–Crippen LogP) is 2.18. The Labute approximate surface area is 151 Å². The second kappa shape index (κ2) is 6.89. The fourth-order valence-electron chi connectivity index (χ4n) is 2.67. The van der Waals surface area contributed by atoms with Gasteiger partial charge in [-0.25, -0.2) is 17.5 Å². The zero-order valence-electron chi connectivity index (χ0n) is 14.3. The maximum absolute atomic E-state index is 12.2. The van der Waals surface area contributed by atoms with E-state index in [-0.39, 0.29) is 17.2 Å². The number of sulfonamides is 1. The van der Waals surface area contributed by atoms with Gasteiger partial charge in [0.15, 0.2) is 0 Å². The Bertz CT molecular complexity index is 952. The van der Waals surface area contributed by atoms with E-state index < -0.39 is 22.1 Å². The lowest BCUT2D eigenvalue weighted by atomic mass is 10.0. The van der Waals surface area contributed by atoms with Gasteiger partial charge in [-0.3, -0.25) is 4.79 Å². The lowest BCUT2D eigenvalue weighted by Gasteiger charge is -2.13. The van der Waals surface area contributed by atoms with Crippen LogP contribution in [0.25, 0.3) is 0 Å². The average Bonchev–Trinajstić information content (AvgIpc) is 2.91. The summed E-state index contributed by atoms with van der Waals surface area (Å²) in [4.78, 5) is 24.2. The normalized spacial score (nSPS) is 16.3. The summed E-state index contributed by atoms with van der Waals surface area (Å²) in [6.07, 6.45) is -0.632. The number of carbonyl (C=O) groups is 2. The van der Waals surface area contributed by atoms with Crippen molar-refractivity contribution in [2.45, 2.75) is 17.4 Å². The highest BCUT2D eigenvalue weighted by Gasteiger charge is 2.32. The van der Waals surface area contributed by atoms with Gasteiger partial charge in [0.25, 0.3) is 0 Å². The third kappa shape index (κ3) is 3.47. The highest BCUT2D eigenvalue weighted by Crippen LogP contribution is 2.33.